The maximum absolute atomic E-state index is 11.7. The number of rotatable bonds is 3. The number of nitrogens with two attached hydrogens (primary N) is 1. The van der Waals surface area contributed by atoms with E-state index in [0.29, 0.717) is 12.6 Å². The van der Waals surface area contributed by atoms with Crippen LogP contribution in [0.5, 0.6) is 0 Å². The molecular weight excluding hydrogens is 228 g/mol. The molecular formula is C14H20N2O2. The maximum Gasteiger partial charge on any atom is 0.327 e. The summed E-state index contributed by atoms with van der Waals surface area (Å²) in [5.74, 6) is -0.376. The summed E-state index contributed by atoms with van der Waals surface area (Å²) >= 11 is 0. The molecule has 0 aliphatic carbocycles. The Kier molecular flexibility index (Phi) is 3.30. The van der Waals surface area contributed by atoms with Gasteiger partial charge in [0.05, 0.1) is 7.11 Å². The molecule has 1 aromatic carbocycles. The van der Waals surface area contributed by atoms with Crippen molar-refractivity contribution in [2.45, 2.75) is 31.8 Å². The number of benzene rings is 1. The summed E-state index contributed by atoms with van der Waals surface area (Å²) in [4.78, 5) is 13.9. The van der Waals surface area contributed by atoms with Crippen molar-refractivity contribution < 1.29 is 9.53 Å². The van der Waals surface area contributed by atoms with Crippen LogP contribution in [0.1, 0.15) is 19.4 Å². The van der Waals surface area contributed by atoms with Gasteiger partial charge in [-0.3, -0.25) is 4.79 Å². The van der Waals surface area contributed by atoms with Gasteiger partial charge in [-0.15, -0.1) is 0 Å². The fraction of sp³-hybridized carbons (Fsp3) is 0.500. The average Bonchev–Trinajstić information content (AvgIpc) is 2.65. The van der Waals surface area contributed by atoms with Crippen LogP contribution in [-0.2, 0) is 16.0 Å². The zero-order valence-electron chi connectivity index (χ0n) is 11.1. The zero-order valence-corrected chi connectivity index (χ0v) is 11.1. The van der Waals surface area contributed by atoms with Crippen LogP contribution >= 0.6 is 0 Å². The molecule has 1 aliphatic rings. The number of fused-ring (bicyclic) bond motifs is 1. The second-order valence-corrected chi connectivity index (χ2v) is 5.22. The second-order valence-electron chi connectivity index (χ2n) is 5.22. The van der Waals surface area contributed by atoms with Crippen molar-refractivity contribution in [2.75, 3.05) is 18.6 Å². The van der Waals surface area contributed by atoms with Crippen LogP contribution in [0.3, 0.4) is 0 Å². The predicted octanol–water partition coefficient (Wildman–Crippen LogP) is 1.33. The van der Waals surface area contributed by atoms with Gasteiger partial charge in [0.25, 0.3) is 0 Å². The molecule has 0 saturated heterocycles. The molecule has 18 heavy (non-hydrogen) atoms. The van der Waals surface area contributed by atoms with Crippen LogP contribution in [-0.4, -0.2) is 31.2 Å². The van der Waals surface area contributed by atoms with Crippen LogP contribution < -0.4 is 10.6 Å². The van der Waals surface area contributed by atoms with Gasteiger partial charge in [0, 0.05) is 18.3 Å². The van der Waals surface area contributed by atoms with E-state index in [-0.39, 0.29) is 5.97 Å². The first-order valence-corrected chi connectivity index (χ1v) is 6.17. The van der Waals surface area contributed by atoms with Crippen LogP contribution in [0.2, 0.25) is 0 Å². The van der Waals surface area contributed by atoms with Gasteiger partial charge in [0.2, 0.25) is 0 Å². The smallest absolute Gasteiger partial charge is 0.327 e. The zero-order chi connectivity index (χ0) is 13.3. The molecule has 1 aromatic rings. The van der Waals surface area contributed by atoms with E-state index >= 15 is 0 Å². The third-order valence-corrected chi connectivity index (χ3v) is 3.50. The first kappa shape index (κ1) is 12.9. The Hall–Kier alpha value is -1.55. The molecule has 0 bridgehead atoms. The summed E-state index contributed by atoms with van der Waals surface area (Å²) in [7, 11) is 1.37. The number of carbonyl (C=O) groups is 1. The fourth-order valence-electron chi connectivity index (χ4n) is 2.52. The molecule has 0 spiro atoms. The Labute approximate surface area is 108 Å². The molecule has 0 fully saturated rings. The summed E-state index contributed by atoms with van der Waals surface area (Å²) in [6, 6.07) is 8.60. The topological polar surface area (TPSA) is 55.6 Å². The summed E-state index contributed by atoms with van der Waals surface area (Å²) in [6.07, 6.45) is 0.993. The summed E-state index contributed by atoms with van der Waals surface area (Å²) in [6.45, 7) is 4.33. The number of para-hydroxylation sites is 1. The van der Waals surface area contributed by atoms with E-state index in [1.807, 2.05) is 12.1 Å². The highest BCUT2D eigenvalue weighted by atomic mass is 16.5. The second kappa shape index (κ2) is 4.61. The third-order valence-electron chi connectivity index (χ3n) is 3.50. The average molecular weight is 248 g/mol. The van der Waals surface area contributed by atoms with Crippen molar-refractivity contribution in [3.63, 3.8) is 0 Å². The Bertz CT molecular complexity index is 457. The SMILES string of the molecule is COC(=O)C(C)(N)CN1c2ccccc2CC1C. The van der Waals surface area contributed by atoms with Crippen molar-refractivity contribution in [1.29, 1.82) is 0 Å². The van der Waals surface area contributed by atoms with Gasteiger partial charge in [0.15, 0.2) is 0 Å². The van der Waals surface area contributed by atoms with Gasteiger partial charge in [-0.2, -0.15) is 0 Å². The van der Waals surface area contributed by atoms with Crippen LogP contribution in [0.25, 0.3) is 0 Å². The molecule has 1 aliphatic heterocycles. The highest BCUT2D eigenvalue weighted by Gasteiger charge is 2.36. The van der Waals surface area contributed by atoms with E-state index in [1.54, 1.807) is 6.92 Å². The molecule has 2 unspecified atom stereocenters. The first-order chi connectivity index (χ1) is 8.45. The minimum Gasteiger partial charge on any atom is -0.468 e. The minimum atomic E-state index is -0.986. The fourth-order valence-corrected chi connectivity index (χ4v) is 2.52. The lowest BCUT2D eigenvalue weighted by molar-refractivity contribution is -0.146. The Morgan fingerprint density at radius 2 is 2.22 bits per heavy atom. The van der Waals surface area contributed by atoms with Crippen molar-refractivity contribution in [3.8, 4) is 0 Å². The number of carbonyl (C=O) groups excluding carboxylic acids is 1. The Balaban J connectivity index is 2.22. The summed E-state index contributed by atoms with van der Waals surface area (Å²) in [5, 5.41) is 0. The van der Waals surface area contributed by atoms with Gasteiger partial charge >= 0.3 is 5.97 Å². The Morgan fingerprint density at radius 1 is 1.56 bits per heavy atom. The molecule has 0 aromatic heterocycles. The largest absolute Gasteiger partial charge is 0.468 e. The van der Waals surface area contributed by atoms with Gasteiger partial charge in [-0.1, -0.05) is 18.2 Å². The van der Waals surface area contributed by atoms with E-state index in [1.165, 1.54) is 18.4 Å². The van der Waals surface area contributed by atoms with E-state index in [4.69, 9.17) is 10.5 Å². The van der Waals surface area contributed by atoms with E-state index in [2.05, 4.69) is 24.0 Å². The van der Waals surface area contributed by atoms with Crippen LogP contribution in [0.15, 0.2) is 24.3 Å². The minimum absolute atomic E-state index is 0.356. The number of hydrogen-bond acceptors (Lipinski definition) is 4. The summed E-state index contributed by atoms with van der Waals surface area (Å²) in [5.41, 5.74) is 7.55. The molecule has 2 atom stereocenters. The number of nitrogens with zero attached hydrogens (tertiary/aromatic N) is 1. The molecule has 0 amide bonds. The highest BCUT2D eigenvalue weighted by Crippen LogP contribution is 2.32. The molecule has 4 nitrogen and oxygen atoms in total. The standard InChI is InChI=1S/C14H20N2O2/c1-10-8-11-6-4-5-7-12(11)16(10)9-14(2,15)13(17)18-3/h4-7,10H,8-9,15H2,1-3H3. The monoisotopic (exact) mass is 248 g/mol. The van der Waals surface area contributed by atoms with E-state index in [9.17, 15) is 4.79 Å². The van der Waals surface area contributed by atoms with Gasteiger partial charge in [-0.05, 0) is 31.9 Å². The lowest BCUT2D eigenvalue weighted by atomic mass is 10.0. The van der Waals surface area contributed by atoms with Gasteiger partial charge in [-0.25, -0.2) is 0 Å². The van der Waals surface area contributed by atoms with Crippen LogP contribution in [0.4, 0.5) is 5.69 Å². The predicted molar refractivity (Wildman–Crippen MR) is 71.6 cm³/mol. The molecule has 98 valence electrons. The van der Waals surface area contributed by atoms with Crippen molar-refractivity contribution >= 4 is 11.7 Å². The number of methoxy groups -OCH3 is 1. The number of esters is 1. The van der Waals surface area contributed by atoms with Crippen molar-refractivity contribution in [3.05, 3.63) is 29.8 Å². The molecule has 1 heterocycles. The van der Waals surface area contributed by atoms with Crippen molar-refractivity contribution in [1.82, 2.24) is 0 Å². The quantitative estimate of drug-likeness (QED) is 0.820. The Morgan fingerprint density at radius 3 is 2.89 bits per heavy atom. The van der Waals surface area contributed by atoms with E-state index < -0.39 is 5.54 Å². The first-order valence-electron chi connectivity index (χ1n) is 6.17. The normalized spacial score (nSPS) is 21.3. The molecule has 2 rings (SSSR count). The number of hydrogen-bond donors (Lipinski definition) is 1. The third kappa shape index (κ3) is 2.20. The van der Waals surface area contributed by atoms with Crippen molar-refractivity contribution in [2.24, 2.45) is 5.73 Å². The lowest BCUT2D eigenvalue weighted by Crippen LogP contribution is -2.55. The number of anilines is 1. The molecule has 4 heteroatoms. The highest BCUT2D eigenvalue weighted by molar-refractivity contribution is 5.81. The molecule has 0 saturated carbocycles. The number of ether oxygens (including phenoxy) is 1. The summed E-state index contributed by atoms with van der Waals surface area (Å²) < 4.78 is 4.76. The van der Waals surface area contributed by atoms with Crippen LogP contribution in [0, 0.1) is 0 Å². The lowest BCUT2D eigenvalue weighted by Gasteiger charge is -2.32. The maximum atomic E-state index is 11.7. The molecule has 2 N–H and O–H groups in total. The van der Waals surface area contributed by atoms with E-state index in [0.717, 1.165) is 6.42 Å². The van der Waals surface area contributed by atoms with Gasteiger partial charge in [0.1, 0.15) is 5.54 Å². The molecule has 0 radical (unpaired) electrons. The van der Waals surface area contributed by atoms with Gasteiger partial charge < -0.3 is 15.4 Å².